The number of hydrogen-bond donors (Lipinski definition) is 2. The molecule has 16 heavy (non-hydrogen) atoms. The van der Waals surface area contributed by atoms with Gasteiger partial charge >= 0.3 is 0 Å². The lowest BCUT2D eigenvalue weighted by Crippen LogP contribution is -2.11. The molecule has 0 aromatic heterocycles. The molecule has 0 amide bonds. The highest BCUT2D eigenvalue weighted by Crippen LogP contribution is 2.37. The van der Waals surface area contributed by atoms with Gasteiger partial charge in [-0.2, -0.15) is 0 Å². The number of hydrogen-bond acceptors (Lipinski definition) is 4. The summed E-state index contributed by atoms with van der Waals surface area (Å²) in [7, 11) is -3.48. The summed E-state index contributed by atoms with van der Waals surface area (Å²) in [6.45, 7) is 1.43. The molecule has 0 radical (unpaired) electrons. The molecule has 1 aromatic rings. The van der Waals surface area contributed by atoms with Crippen molar-refractivity contribution < 1.29 is 18.6 Å². The van der Waals surface area contributed by atoms with Crippen LogP contribution in [-0.4, -0.2) is 25.2 Å². The first-order valence-electron chi connectivity index (χ1n) is 4.87. The third kappa shape index (κ3) is 1.52. The van der Waals surface area contributed by atoms with Gasteiger partial charge in [0.25, 0.3) is 0 Å². The maximum Gasteiger partial charge on any atom is 0.203 e. The molecule has 1 unspecified atom stereocenters. The highest BCUT2D eigenvalue weighted by Gasteiger charge is 2.32. The van der Waals surface area contributed by atoms with Crippen molar-refractivity contribution in [3.63, 3.8) is 0 Å². The highest BCUT2D eigenvalue weighted by molar-refractivity contribution is 7.95. The average molecular weight is 240 g/mol. The number of phenolic OH excluding ortho intramolecular Hbond substituents is 1. The van der Waals surface area contributed by atoms with Gasteiger partial charge in [0.05, 0.1) is 16.4 Å². The second-order valence-electron chi connectivity index (χ2n) is 3.86. The van der Waals surface area contributed by atoms with Gasteiger partial charge in [-0.3, -0.25) is 0 Å². The van der Waals surface area contributed by atoms with Crippen molar-refractivity contribution in [1.82, 2.24) is 0 Å². The van der Waals surface area contributed by atoms with E-state index in [0.29, 0.717) is 5.56 Å². The Labute approximate surface area is 93.8 Å². The summed E-state index contributed by atoms with van der Waals surface area (Å²) >= 11 is 0. The van der Waals surface area contributed by atoms with Crippen LogP contribution in [-0.2, 0) is 9.84 Å². The standard InChI is InChI=1S/C11H12O4S/c1-7(6-12)11-5-8-4-9(13)2-3-10(8)16(11,14)15/h2-5,7,12-13H,6H2,1H3. The number of rotatable bonds is 2. The molecule has 2 N–H and O–H groups in total. The van der Waals surface area contributed by atoms with Gasteiger partial charge in [-0.15, -0.1) is 0 Å². The van der Waals surface area contributed by atoms with Crippen LogP contribution >= 0.6 is 0 Å². The van der Waals surface area contributed by atoms with E-state index in [1.165, 1.54) is 24.3 Å². The maximum atomic E-state index is 12.0. The molecule has 0 spiro atoms. The summed E-state index contributed by atoms with van der Waals surface area (Å²) in [5.41, 5.74) is 0.482. The van der Waals surface area contributed by atoms with Crippen molar-refractivity contribution in [2.45, 2.75) is 11.8 Å². The number of sulfone groups is 1. The molecule has 0 fully saturated rings. The van der Waals surface area contributed by atoms with Crippen molar-refractivity contribution >= 4 is 15.9 Å². The summed E-state index contributed by atoms with van der Waals surface area (Å²) < 4.78 is 24.1. The minimum atomic E-state index is -3.48. The summed E-state index contributed by atoms with van der Waals surface area (Å²) in [5, 5.41) is 18.3. The van der Waals surface area contributed by atoms with E-state index in [0.717, 1.165) is 0 Å². The van der Waals surface area contributed by atoms with Crippen LogP contribution in [0.5, 0.6) is 5.75 Å². The first-order valence-corrected chi connectivity index (χ1v) is 6.35. The summed E-state index contributed by atoms with van der Waals surface area (Å²) in [4.78, 5) is 0.399. The topological polar surface area (TPSA) is 74.6 Å². The maximum absolute atomic E-state index is 12.0. The predicted octanol–water partition coefficient (Wildman–Crippen LogP) is 1.15. The van der Waals surface area contributed by atoms with E-state index in [-0.39, 0.29) is 22.2 Å². The molecule has 1 aliphatic rings. The fourth-order valence-electron chi connectivity index (χ4n) is 1.75. The molecule has 0 bridgehead atoms. The van der Waals surface area contributed by atoms with E-state index >= 15 is 0 Å². The van der Waals surface area contributed by atoms with Crippen molar-refractivity contribution in [3.05, 3.63) is 28.7 Å². The Kier molecular flexibility index (Phi) is 2.52. The minimum Gasteiger partial charge on any atom is -0.508 e. The smallest absolute Gasteiger partial charge is 0.203 e. The molecule has 1 heterocycles. The Bertz CT molecular complexity index is 557. The molecule has 0 aliphatic carbocycles. The fraction of sp³-hybridized carbons (Fsp3) is 0.273. The first kappa shape index (κ1) is 11.2. The van der Waals surface area contributed by atoms with Crippen molar-refractivity contribution in [2.75, 3.05) is 6.61 Å². The zero-order valence-electron chi connectivity index (χ0n) is 8.71. The van der Waals surface area contributed by atoms with Crippen molar-refractivity contribution in [3.8, 4) is 5.75 Å². The number of fused-ring (bicyclic) bond motifs is 1. The van der Waals surface area contributed by atoms with Gasteiger partial charge in [-0.25, -0.2) is 8.42 Å². The van der Waals surface area contributed by atoms with Gasteiger partial charge in [0.15, 0.2) is 0 Å². The number of aliphatic hydroxyl groups is 1. The zero-order chi connectivity index (χ0) is 11.9. The Morgan fingerprint density at radius 2 is 2.06 bits per heavy atom. The normalized spacial score (nSPS) is 19.0. The zero-order valence-corrected chi connectivity index (χ0v) is 9.53. The van der Waals surface area contributed by atoms with Gasteiger partial charge in [-0.05, 0) is 29.8 Å². The van der Waals surface area contributed by atoms with E-state index in [4.69, 9.17) is 5.11 Å². The lowest BCUT2D eigenvalue weighted by molar-refractivity contribution is 0.260. The number of aliphatic hydroxyl groups excluding tert-OH is 1. The SMILES string of the molecule is CC(CO)C1=Cc2cc(O)ccc2S1(=O)=O. The predicted molar refractivity (Wildman–Crippen MR) is 59.5 cm³/mol. The van der Waals surface area contributed by atoms with E-state index in [1.54, 1.807) is 6.92 Å². The van der Waals surface area contributed by atoms with Crippen LogP contribution in [0.4, 0.5) is 0 Å². The van der Waals surface area contributed by atoms with Crippen LogP contribution in [0, 0.1) is 5.92 Å². The van der Waals surface area contributed by atoms with Gasteiger partial charge in [0.1, 0.15) is 5.75 Å². The summed E-state index contributed by atoms with van der Waals surface area (Å²) in [5.74, 6) is -0.400. The lowest BCUT2D eigenvalue weighted by atomic mass is 10.1. The van der Waals surface area contributed by atoms with Crippen LogP contribution in [0.1, 0.15) is 12.5 Å². The monoisotopic (exact) mass is 240 g/mol. The number of benzene rings is 1. The van der Waals surface area contributed by atoms with E-state index in [2.05, 4.69) is 0 Å². The Morgan fingerprint density at radius 3 is 2.69 bits per heavy atom. The van der Waals surface area contributed by atoms with E-state index in [1.807, 2.05) is 0 Å². The Hall–Kier alpha value is -1.33. The second kappa shape index (κ2) is 3.61. The van der Waals surface area contributed by atoms with Crippen LogP contribution in [0.3, 0.4) is 0 Å². The second-order valence-corrected chi connectivity index (χ2v) is 5.77. The van der Waals surface area contributed by atoms with Crippen molar-refractivity contribution in [1.29, 1.82) is 0 Å². The third-order valence-electron chi connectivity index (χ3n) is 2.65. The molecule has 0 saturated heterocycles. The average Bonchev–Trinajstić information content (AvgIpc) is 2.49. The van der Waals surface area contributed by atoms with Crippen LogP contribution in [0.15, 0.2) is 28.0 Å². The molecule has 1 aromatic carbocycles. The van der Waals surface area contributed by atoms with Crippen LogP contribution in [0.25, 0.3) is 6.08 Å². The highest BCUT2D eigenvalue weighted by atomic mass is 32.2. The van der Waals surface area contributed by atoms with E-state index in [9.17, 15) is 13.5 Å². The molecular weight excluding hydrogens is 228 g/mol. The minimum absolute atomic E-state index is 0.0306. The van der Waals surface area contributed by atoms with Gasteiger partial charge in [0, 0.05) is 5.92 Å². The van der Waals surface area contributed by atoms with Crippen LogP contribution < -0.4 is 0 Å². The largest absolute Gasteiger partial charge is 0.508 e. The molecule has 5 heteroatoms. The molecular formula is C11H12O4S. The van der Waals surface area contributed by atoms with Gasteiger partial charge in [-0.1, -0.05) is 6.92 Å². The molecule has 0 saturated carbocycles. The summed E-state index contributed by atoms with van der Waals surface area (Å²) in [6, 6.07) is 4.13. The quantitative estimate of drug-likeness (QED) is 0.813. The fourth-order valence-corrected chi connectivity index (χ4v) is 3.56. The van der Waals surface area contributed by atoms with Crippen LogP contribution in [0.2, 0.25) is 0 Å². The van der Waals surface area contributed by atoms with Gasteiger partial charge in [0.2, 0.25) is 9.84 Å². The Balaban J connectivity index is 2.61. The van der Waals surface area contributed by atoms with E-state index < -0.39 is 15.8 Å². The Morgan fingerprint density at radius 1 is 1.38 bits per heavy atom. The van der Waals surface area contributed by atoms with Crippen molar-refractivity contribution in [2.24, 2.45) is 5.92 Å². The molecule has 86 valence electrons. The molecule has 2 rings (SSSR count). The number of aromatic hydroxyl groups is 1. The van der Waals surface area contributed by atoms with Gasteiger partial charge < -0.3 is 10.2 Å². The number of phenols is 1. The summed E-state index contributed by atoms with van der Waals surface area (Å²) in [6.07, 6.45) is 1.51. The molecule has 4 nitrogen and oxygen atoms in total. The molecule has 1 atom stereocenters. The third-order valence-corrected chi connectivity index (χ3v) is 4.74. The lowest BCUT2D eigenvalue weighted by Gasteiger charge is -2.08. The molecule has 1 aliphatic heterocycles. The first-order chi connectivity index (χ1) is 7.46.